The van der Waals surface area contributed by atoms with Crippen LogP contribution in [0.4, 0.5) is 0 Å². The van der Waals surface area contributed by atoms with Gasteiger partial charge in [0.25, 0.3) is 0 Å². The quantitative estimate of drug-likeness (QED) is 0.697. The Balaban J connectivity index is 2.43. The summed E-state index contributed by atoms with van der Waals surface area (Å²) in [6.45, 7) is 11.9. The van der Waals surface area contributed by atoms with Crippen molar-refractivity contribution in [2.45, 2.75) is 39.2 Å². The Morgan fingerprint density at radius 1 is 1.57 bits per heavy atom. The zero-order valence-electron chi connectivity index (χ0n) is 9.63. The van der Waals surface area contributed by atoms with Gasteiger partial charge in [0.1, 0.15) is 0 Å². The molecule has 1 fully saturated rings. The molecular weight excluding hydrogens is 172 g/mol. The molecule has 0 radical (unpaired) electrons. The van der Waals surface area contributed by atoms with Crippen molar-refractivity contribution < 1.29 is 0 Å². The Hall–Kier alpha value is -0.340. The Kier molecular flexibility index (Phi) is 4.63. The van der Waals surface area contributed by atoms with E-state index in [1.165, 1.54) is 31.5 Å². The third kappa shape index (κ3) is 3.10. The SMILES string of the molecule is C=C(CCN)C1CCCN(C(C)C)C1. The van der Waals surface area contributed by atoms with Crippen LogP contribution >= 0.6 is 0 Å². The zero-order chi connectivity index (χ0) is 10.6. The van der Waals surface area contributed by atoms with Gasteiger partial charge in [0.15, 0.2) is 0 Å². The van der Waals surface area contributed by atoms with Crippen molar-refractivity contribution in [1.29, 1.82) is 0 Å². The van der Waals surface area contributed by atoms with Crippen molar-refractivity contribution in [3.8, 4) is 0 Å². The van der Waals surface area contributed by atoms with Crippen molar-refractivity contribution in [3.63, 3.8) is 0 Å². The number of hydrogen-bond donors (Lipinski definition) is 1. The maximum atomic E-state index is 5.56. The molecule has 2 N–H and O–H groups in total. The van der Waals surface area contributed by atoms with E-state index in [1.807, 2.05) is 0 Å². The molecule has 2 heteroatoms. The first kappa shape index (κ1) is 11.7. The molecule has 0 aromatic rings. The number of likely N-dealkylation sites (tertiary alicyclic amines) is 1. The van der Waals surface area contributed by atoms with Crippen LogP contribution in [0.25, 0.3) is 0 Å². The van der Waals surface area contributed by atoms with Crippen LogP contribution in [0.3, 0.4) is 0 Å². The predicted molar refractivity (Wildman–Crippen MR) is 62.2 cm³/mol. The second-order valence-electron chi connectivity index (χ2n) is 4.62. The topological polar surface area (TPSA) is 29.3 Å². The first-order valence-corrected chi connectivity index (χ1v) is 5.77. The first-order valence-electron chi connectivity index (χ1n) is 5.77. The minimum atomic E-state index is 0.670. The lowest BCUT2D eigenvalue weighted by atomic mass is 9.89. The van der Waals surface area contributed by atoms with Crippen LogP contribution in [-0.4, -0.2) is 30.6 Å². The summed E-state index contributed by atoms with van der Waals surface area (Å²) in [6, 6.07) is 0.670. The minimum absolute atomic E-state index is 0.670. The van der Waals surface area contributed by atoms with Crippen molar-refractivity contribution in [2.24, 2.45) is 11.7 Å². The van der Waals surface area contributed by atoms with E-state index in [2.05, 4.69) is 25.3 Å². The van der Waals surface area contributed by atoms with Gasteiger partial charge in [0, 0.05) is 12.6 Å². The second kappa shape index (κ2) is 5.52. The smallest absolute Gasteiger partial charge is 0.00496 e. The van der Waals surface area contributed by atoms with Crippen LogP contribution in [0.1, 0.15) is 33.1 Å². The largest absolute Gasteiger partial charge is 0.330 e. The lowest BCUT2D eigenvalue weighted by Gasteiger charge is -2.36. The first-order chi connectivity index (χ1) is 6.65. The molecule has 82 valence electrons. The van der Waals surface area contributed by atoms with Crippen LogP contribution in [0.15, 0.2) is 12.2 Å². The van der Waals surface area contributed by atoms with Gasteiger partial charge in [-0.2, -0.15) is 0 Å². The Labute approximate surface area is 88.2 Å². The molecule has 1 rings (SSSR count). The molecule has 0 bridgehead atoms. The van der Waals surface area contributed by atoms with Crippen LogP contribution in [0, 0.1) is 5.92 Å². The van der Waals surface area contributed by atoms with E-state index < -0.39 is 0 Å². The molecule has 14 heavy (non-hydrogen) atoms. The maximum Gasteiger partial charge on any atom is 0.00496 e. The van der Waals surface area contributed by atoms with Crippen molar-refractivity contribution in [3.05, 3.63) is 12.2 Å². The van der Waals surface area contributed by atoms with Gasteiger partial charge in [-0.15, -0.1) is 0 Å². The van der Waals surface area contributed by atoms with E-state index >= 15 is 0 Å². The van der Waals surface area contributed by atoms with Crippen LogP contribution in [0.5, 0.6) is 0 Å². The van der Waals surface area contributed by atoms with Crippen molar-refractivity contribution in [2.75, 3.05) is 19.6 Å². The van der Waals surface area contributed by atoms with Gasteiger partial charge in [-0.3, -0.25) is 0 Å². The van der Waals surface area contributed by atoms with Crippen molar-refractivity contribution in [1.82, 2.24) is 4.90 Å². The summed E-state index contributed by atoms with van der Waals surface area (Å²) in [7, 11) is 0. The Bertz CT molecular complexity index is 187. The van der Waals surface area contributed by atoms with Crippen LogP contribution in [0.2, 0.25) is 0 Å². The second-order valence-corrected chi connectivity index (χ2v) is 4.62. The lowest BCUT2D eigenvalue weighted by molar-refractivity contribution is 0.153. The van der Waals surface area contributed by atoms with Gasteiger partial charge in [0.05, 0.1) is 0 Å². The summed E-state index contributed by atoms with van der Waals surface area (Å²) in [5.41, 5.74) is 6.92. The van der Waals surface area contributed by atoms with E-state index in [1.54, 1.807) is 0 Å². The third-order valence-corrected chi connectivity index (χ3v) is 3.23. The van der Waals surface area contributed by atoms with Gasteiger partial charge >= 0.3 is 0 Å². The van der Waals surface area contributed by atoms with E-state index in [0.29, 0.717) is 12.0 Å². The van der Waals surface area contributed by atoms with Gasteiger partial charge < -0.3 is 10.6 Å². The fraction of sp³-hybridized carbons (Fsp3) is 0.833. The highest BCUT2D eigenvalue weighted by molar-refractivity contribution is 5.03. The van der Waals surface area contributed by atoms with Crippen LogP contribution < -0.4 is 5.73 Å². The molecule has 1 aliphatic rings. The van der Waals surface area contributed by atoms with E-state index in [0.717, 1.165) is 13.0 Å². The zero-order valence-corrected chi connectivity index (χ0v) is 9.63. The Morgan fingerprint density at radius 2 is 2.29 bits per heavy atom. The third-order valence-electron chi connectivity index (χ3n) is 3.23. The summed E-state index contributed by atoms with van der Waals surface area (Å²) in [5, 5.41) is 0. The highest BCUT2D eigenvalue weighted by Gasteiger charge is 2.22. The number of nitrogens with two attached hydrogens (primary N) is 1. The molecule has 0 aromatic carbocycles. The summed E-state index contributed by atoms with van der Waals surface area (Å²) < 4.78 is 0. The van der Waals surface area contributed by atoms with Gasteiger partial charge in [-0.1, -0.05) is 12.2 Å². The van der Waals surface area contributed by atoms with Crippen LogP contribution in [-0.2, 0) is 0 Å². The molecule has 0 amide bonds. The van der Waals surface area contributed by atoms with E-state index in [9.17, 15) is 0 Å². The summed E-state index contributed by atoms with van der Waals surface area (Å²) in [5.74, 6) is 0.690. The molecule has 1 unspecified atom stereocenters. The molecule has 2 nitrogen and oxygen atoms in total. The highest BCUT2D eigenvalue weighted by atomic mass is 15.2. The monoisotopic (exact) mass is 196 g/mol. The number of piperidine rings is 1. The Morgan fingerprint density at radius 3 is 2.86 bits per heavy atom. The average Bonchev–Trinajstić information content (AvgIpc) is 2.18. The maximum absolute atomic E-state index is 5.56. The summed E-state index contributed by atoms with van der Waals surface area (Å²) in [4.78, 5) is 2.55. The molecule has 0 aliphatic carbocycles. The highest BCUT2D eigenvalue weighted by Crippen LogP contribution is 2.25. The minimum Gasteiger partial charge on any atom is -0.330 e. The van der Waals surface area contributed by atoms with E-state index in [4.69, 9.17) is 5.73 Å². The van der Waals surface area contributed by atoms with Gasteiger partial charge in [0.2, 0.25) is 0 Å². The molecule has 1 saturated heterocycles. The molecule has 0 aromatic heterocycles. The van der Waals surface area contributed by atoms with Crippen molar-refractivity contribution >= 4 is 0 Å². The average molecular weight is 196 g/mol. The molecule has 0 spiro atoms. The molecular formula is C12H24N2. The normalized spacial score (nSPS) is 24.1. The predicted octanol–water partition coefficient (Wildman–Crippen LogP) is 2.01. The lowest BCUT2D eigenvalue weighted by Crippen LogP contribution is -2.40. The molecule has 1 atom stereocenters. The number of hydrogen-bond acceptors (Lipinski definition) is 2. The number of rotatable bonds is 4. The summed E-state index contributed by atoms with van der Waals surface area (Å²) in [6.07, 6.45) is 3.62. The molecule has 1 heterocycles. The summed E-state index contributed by atoms with van der Waals surface area (Å²) >= 11 is 0. The fourth-order valence-electron chi connectivity index (χ4n) is 2.20. The van der Waals surface area contributed by atoms with E-state index in [-0.39, 0.29) is 0 Å². The van der Waals surface area contributed by atoms with Gasteiger partial charge in [-0.05, 0) is 52.1 Å². The number of nitrogens with zero attached hydrogens (tertiary/aromatic N) is 1. The fourth-order valence-corrected chi connectivity index (χ4v) is 2.20. The molecule has 1 aliphatic heterocycles. The van der Waals surface area contributed by atoms with Gasteiger partial charge in [-0.25, -0.2) is 0 Å². The molecule has 0 saturated carbocycles. The standard InChI is InChI=1S/C12H24N2/c1-10(2)14-8-4-5-12(9-14)11(3)6-7-13/h10,12H,3-9,13H2,1-2H3.